The summed E-state index contributed by atoms with van der Waals surface area (Å²) in [6.45, 7) is 4.82. The van der Waals surface area contributed by atoms with Crippen LogP contribution in [0.1, 0.15) is 44.0 Å². The summed E-state index contributed by atoms with van der Waals surface area (Å²) in [5.74, 6) is 0.554. The van der Waals surface area contributed by atoms with E-state index in [0.29, 0.717) is 11.8 Å². The highest BCUT2D eigenvalue weighted by atomic mass is 32.2. The van der Waals surface area contributed by atoms with Crippen LogP contribution in [-0.2, 0) is 9.84 Å². The van der Waals surface area contributed by atoms with E-state index in [9.17, 15) is 8.42 Å². The molecule has 0 saturated carbocycles. The van der Waals surface area contributed by atoms with Gasteiger partial charge in [0.15, 0.2) is 0 Å². The van der Waals surface area contributed by atoms with Crippen molar-refractivity contribution in [3.05, 3.63) is 22.4 Å². The quantitative estimate of drug-likeness (QED) is 0.760. The fourth-order valence-corrected chi connectivity index (χ4v) is 3.54. The lowest BCUT2D eigenvalue weighted by molar-refractivity contribution is 0.498. The van der Waals surface area contributed by atoms with Crippen LogP contribution in [0.15, 0.2) is 17.5 Å². The minimum Gasteiger partial charge on any atom is -0.309 e. The third kappa shape index (κ3) is 5.50. The van der Waals surface area contributed by atoms with Crippen LogP contribution in [0.3, 0.4) is 0 Å². The molecule has 1 heterocycles. The second-order valence-corrected chi connectivity index (χ2v) is 7.85. The van der Waals surface area contributed by atoms with Crippen molar-refractivity contribution in [1.29, 1.82) is 0 Å². The van der Waals surface area contributed by atoms with E-state index in [1.165, 1.54) is 4.88 Å². The summed E-state index contributed by atoms with van der Waals surface area (Å²) in [4.78, 5) is 1.30. The van der Waals surface area contributed by atoms with Crippen molar-refractivity contribution in [3.63, 3.8) is 0 Å². The van der Waals surface area contributed by atoms with Gasteiger partial charge in [-0.3, -0.25) is 0 Å². The lowest BCUT2D eigenvalue weighted by Gasteiger charge is -2.17. The molecule has 1 N–H and O–H groups in total. The van der Waals surface area contributed by atoms with Crippen LogP contribution in [0, 0.1) is 0 Å². The van der Waals surface area contributed by atoms with Gasteiger partial charge in [-0.1, -0.05) is 19.9 Å². The van der Waals surface area contributed by atoms with Crippen molar-refractivity contribution in [3.8, 4) is 0 Å². The van der Waals surface area contributed by atoms with Gasteiger partial charge in [-0.05, 0) is 37.3 Å². The van der Waals surface area contributed by atoms with E-state index in [4.69, 9.17) is 0 Å². The molecule has 0 aliphatic rings. The second kappa shape index (κ2) is 7.92. The molecule has 0 spiro atoms. The highest BCUT2D eigenvalue weighted by Crippen LogP contribution is 2.23. The van der Waals surface area contributed by atoms with E-state index in [1.54, 1.807) is 18.3 Å². The SMILES string of the molecule is CCCNC(CCCS(=O)(=O)CC)c1cccs1. The van der Waals surface area contributed by atoms with Crippen molar-refractivity contribution >= 4 is 21.2 Å². The van der Waals surface area contributed by atoms with E-state index in [0.717, 1.165) is 25.8 Å². The Bertz CT molecular complexity index is 412. The average molecular weight is 289 g/mol. The zero-order valence-corrected chi connectivity index (χ0v) is 12.8. The largest absolute Gasteiger partial charge is 0.309 e. The summed E-state index contributed by atoms with van der Waals surface area (Å²) in [5, 5.41) is 5.56. The molecule has 0 saturated heterocycles. The Morgan fingerprint density at radius 3 is 2.72 bits per heavy atom. The molecule has 3 nitrogen and oxygen atoms in total. The highest BCUT2D eigenvalue weighted by molar-refractivity contribution is 7.91. The first-order chi connectivity index (χ1) is 8.59. The van der Waals surface area contributed by atoms with Crippen molar-refractivity contribution in [2.45, 2.75) is 39.2 Å². The van der Waals surface area contributed by atoms with Gasteiger partial charge < -0.3 is 5.32 Å². The normalized spacial score (nSPS) is 13.7. The predicted molar refractivity (Wildman–Crippen MR) is 78.9 cm³/mol. The molecule has 1 atom stereocenters. The van der Waals surface area contributed by atoms with Crippen molar-refractivity contribution in [2.24, 2.45) is 0 Å². The van der Waals surface area contributed by atoms with Gasteiger partial charge in [0.25, 0.3) is 0 Å². The molecular weight excluding hydrogens is 266 g/mol. The highest BCUT2D eigenvalue weighted by Gasteiger charge is 2.14. The Morgan fingerprint density at radius 1 is 1.39 bits per heavy atom. The fourth-order valence-electron chi connectivity index (χ4n) is 1.80. The summed E-state index contributed by atoms with van der Waals surface area (Å²) >= 11 is 1.73. The number of nitrogens with one attached hydrogen (secondary N) is 1. The van der Waals surface area contributed by atoms with Crippen molar-refractivity contribution in [2.75, 3.05) is 18.1 Å². The Morgan fingerprint density at radius 2 is 2.17 bits per heavy atom. The zero-order valence-electron chi connectivity index (χ0n) is 11.2. The minimum atomic E-state index is -2.83. The average Bonchev–Trinajstić information content (AvgIpc) is 2.87. The minimum absolute atomic E-state index is 0.249. The molecule has 1 unspecified atom stereocenters. The molecule has 0 aliphatic carbocycles. The Kier molecular flexibility index (Phi) is 6.89. The molecule has 104 valence electrons. The smallest absolute Gasteiger partial charge is 0.150 e. The number of thiophene rings is 1. The molecule has 1 rings (SSSR count). The molecule has 1 aromatic rings. The van der Waals surface area contributed by atoms with Gasteiger partial charge in [0, 0.05) is 16.7 Å². The third-order valence-electron chi connectivity index (χ3n) is 2.92. The van der Waals surface area contributed by atoms with Gasteiger partial charge in [0.1, 0.15) is 9.84 Å². The van der Waals surface area contributed by atoms with Gasteiger partial charge >= 0.3 is 0 Å². The van der Waals surface area contributed by atoms with Crippen LogP contribution in [0.25, 0.3) is 0 Å². The van der Waals surface area contributed by atoms with Gasteiger partial charge in [-0.15, -0.1) is 11.3 Å². The molecule has 0 radical (unpaired) electrons. The summed E-state index contributed by atoms with van der Waals surface area (Å²) < 4.78 is 22.9. The summed E-state index contributed by atoms with van der Waals surface area (Å²) in [7, 11) is -2.83. The summed E-state index contributed by atoms with van der Waals surface area (Å²) in [6.07, 6.45) is 2.71. The van der Waals surface area contributed by atoms with E-state index >= 15 is 0 Å². The van der Waals surface area contributed by atoms with Crippen molar-refractivity contribution in [1.82, 2.24) is 5.32 Å². The Balaban J connectivity index is 2.47. The van der Waals surface area contributed by atoms with Gasteiger partial charge in [-0.2, -0.15) is 0 Å². The van der Waals surface area contributed by atoms with E-state index in [-0.39, 0.29) is 5.75 Å². The summed E-state index contributed by atoms with van der Waals surface area (Å²) in [5.41, 5.74) is 0. The maximum atomic E-state index is 11.5. The molecule has 1 aromatic heterocycles. The first-order valence-corrected chi connectivity index (χ1v) is 9.26. The van der Waals surface area contributed by atoms with E-state index in [1.807, 2.05) is 6.07 Å². The molecular formula is C13H23NO2S2. The molecule has 5 heteroatoms. The van der Waals surface area contributed by atoms with Crippen molar-refractivity contribution < 1.29 is 8.42 Å². The standard InChI is InChI=1S/C13H23NO2S2/c1-3-9-14-12(13-8-5-10-17-13)7-6-11-18(15,16)4-2/h5,8,10,12,14H,3-4,6-7,9,11H2,1-2H3. The third-order valence-corrected chi connectivity index (χ3v) is 5.69. The fraction of sp³-hybridized carbons (Fsp3) is 0.692. The van der Waals surface area contributed by atoms with E-state index < -0.39 is 9.84 Å². The maximum absolute atomic E-state index is 11.5. The molecule has 0 aromatic carbocycles. The van der Waals surface area contributed by atoms with Crippen LogP contribution in [0.2, 0.25) is 0 Å². The second-order valence-electron chi connectivity index (χ2n) is 4.40. The Labute approximate surface area is 115 Å². The van der Waals surface area contributed by atoms with Crippen LogP contribution < -0.4 is 5.32 Å². The number of hydrogen-bond donors (Lipinski definition) is 1. The van der Waals surface area contributed by atoms with E-state index in [2.05, 4.69) is 23.7 Å². The maximum Gasteiger partial charge on any atom is 0.150 e. The van der Waals surface area contributed by atoms with Gasteiger partial charge in [0.2, 0.25) is 0 Å². The topological polar surface area (TPSA) is 46.2 Å². The Hall–Kier alpha value is -0.390. The number of sulfone groups is 1. The monoisotopic (exact) mass is 289 g/mol. The van der Waals surface area contributed by atoms with Gasteiger partial charge in [0.05, 0.1) is 5.75 Å². The predicted octanol–water partition coefficient (Wildman–Crippen LogP) is 3.00. The van der Waals surface area contributed by atoms with Crippen LogP contribution in [0.5, 0.6) is 0 Å². The first kappa shape index (κ1) is 15.7. The number of rotatable bonds is 9. The van der Waals surface area contributed by atoms with Crippen LogP contribution in [-0.4, -0.2) is 26.5 Å². The molecule has 0 bridgehead atoms. The first-order valence-electron chi connectivity index (χ1n) is 6.56. The molecule has 0 amide bonds. The summed E-state index contributed by atoms with van der Waals surface area (Å²) in [6, 6.07) is 4.47. The number of hydrogen-bond acceptors (Lipinski definition) is 4. The molecule has 0 fully saturated rings. The van der Waals surface area contributed by atoms with Crippen LogP contribution in [0.4, 0.5) is 0 Å². The molecule has 18 heavy (non-hydrogen) atoms. The van der Waals surface area contributed by atoms with Crippen LogP contribution >= 0.6 is 11.3 Å². The zero-order chi connectivity index (χ0) is 13.4. The van der Waals surface area contributed by atoms with Gasteiger partial charge in [-0.25, -0.2) is 8.42 Å². The molecule has 0 aliphatic heterocycles. The lowest BCUT2D eigenvalue weighted by Crippen LogP contribution is -2.22. The lowest BCUT2D eigenvalue weighted by atomic mass is 10.1.